The Morgan fingerprint density at radius 2 is 1.80 bits per heavy atom. The molecule has 1 aromatic heterocycles. The molecule has 1 N–H and O–H groups in total. The zero-order chi connectivity index (χ0) is 21.7. The second-order valence-corrected chi connectivity index (χ2v) is 8.38. The quantitative estimate of drug-likeness (QED) is 0.548. The van der Waals surface area contributed by atoms with E-state index in [2.05, 4.69) is 9.71 Å². The van der Waals surface area contributed by atoms with Crippen molar-refractivity contribution in [2.24, 2.45) is 0 Å². The van der Waals surface area contributed by atoms with Gasteiger partial charge < -0.3 is 14.2 Å². The predicted molar refractivity (Wildman–Crippen MR) is 115 cm³/mol. The van der Waals surface area contributed by atoms with E-state index in [1.54, 1.807) is 45.4 Å². The summed E-state index contributed by atoms with van der Waals surface area (Å²) in [5, 5.41) is 0.373. The second kappa shape index (κ2) is 9.23. The van der Waals surface area contributed by atoms with Gasteiger partial charge in [-0.05, 0) is 48.4 Å². The molecule has 0 aliphatic heterocycles. The minimum absolute atomic E-state index is 0.0950. The number of halogens is 1. The maximum Gasteiger partial charge on any atom is 0.262 e. The maximum atomic E-state index is 12.9. The minimum Gasteiger partial charge on any atom is -0.493 e. The van der Waals surface area contributed by atoms with Crippen molar-refractivity contribution in [3.63, 3.8) is 0 Å². The highest BCUT2D eigenvalue weighted by atomic mass is 35.5. The van der Waals surface area contributed by atoms with E-state index in [1.807, 2.05) is 6.07 Å². The first-order valence-corrected chi connectivity index (χ1v) is 10.8. The summed E-state index contributed by atoms with van der Waals surface area (Å²) >= 11 is 6.07. The molecule has 0 amide bonds. The number of nitrogens with zero attached hydrogens (tertiary/aromatic N) is 1. The zero-order valence-electron chi connectivity index (χ0n) is 16.7. The standard InChI is InChI=1S/C21H21ClN2O5S/c1-14-16(22)5-4-6-21(14)30(25,26)24-17-9-10-23-12-20(17)29-13-15-7-8-18(27-2)19(11-15)28-3/h4-12H,13H2,1-3H3,(H,23,24). The van der Waals surface area contributed by atoms with Crippen molar-refractivity contribution in [3.8, 4) is 17.2 Å². The van der Waals surface area contributed by atoms with Crippen molar-refractivity contribution < 1.29 is 22.6 Å². The van der Waals surface area contributed by atoms with Crippen LogP contribution in [0.5, 0.6) is 17.2 Å². The number of methoxy groups -OCH3 is 2. The van der Waals surface area contributed by atoms with Crippen LogP contribution in [-0.4, -0.2) is 27.6 Å². The number of anilines is 1. The van der Waals surface area contributed by atoms with Crippen LogP contribution in [0.2, 0.25) is 5.02 Å². The number of benzene rings is 2. The molecule has 0 aliphatic rings. The van der Waals surface area contributed by atoms with E-state index in [0.717, 1.165) is 5.56 Å². The van der Waals surface area contributed by atoms with E-state index >= 15 is 0 Å². The van der Waals surface area contributed by atoms with Crippen LogP contribution in [0, 0.1) is 6.92 Å². The molecule has 1 heterocycles. The Bertz CT molecular complexity index is 1150. The molecule has 0 unspecified atom stereocenters. The first kappa shape index (κ1) is 21.7. The predicted octanol–water partition coefficient (Wildman–Crippen LogP) is 4.44. The van der Waals surface area contributed by atoms with Crippen LogP contribution in [0.3, 0.4) is 0 Å². The summed E-state index contributed by atoms with van der Waals surface area (Å²) < 4.78 is 44.6. The molecule has 0 aliphatic carbocycles. The highest BCUT2D eigenvalue weighted by Gasteiger charge is 2.20. The van der Waals surface area contributed by atoms with Crippen LogP contribution < -0.4 is 18.9 Å². The third-order valence-corrected chi connectivity index (χ3v) is 6.30. The number of ether oxygens (including phenoxy) is 3. The summed E-state index contributed by atoms with van der Waals surface area (Å²) in [7, 11) is -0.761. The van der Waals surface area contributed by atoms with Gasteiger partial charge in [-0.15, -0.1) is 0 Å². The fourth-order valence-corrected chi connectivity index (χ4v) is 4.36. The molecule has 0 bridgehead atoms. The Balaban J connectivity index is 1.82. The highest BCUT2D eigenvalue weighted by molar-refractivity contribution is 7.92. The molecule has 0 radical (unpaired) electrons. The van der Waals surface area contributed by atoms with Crippen molar-refractivity contribution in [2.45, 2.75) is 18.4 Å². The first-order chi connectivity index (χ1) is 14.4. The van der Waals surface area contributed by atoms with Crippen molar-refractivity contribution >= 4 is 27.3 Å². The molecule has 30 heavy (non-hydrogen) atoms. The average Bonchev–Trinajstić information content (AvgIpc) is 2.74. The lowest BCUT2D eigenvalue weighted by molar-refractivity contribution is 0.304. The molecule has 0 atom stereocenters. The third-order valence-electron chi connectivity index (χ3n) is 4.38. The SMILES string of the molecule is COc1ccc(COc2cnccc2NS(=O)(=O)c2cccc(Cl)c2C)cc1OC. The van der Waals surface area contributed by atoms with Gasteiger partial charge in [-0.1, -0.05) is 23.7 Å². The van der Waals surface area contributed by atoms with Crippen LogP contribution in [0.4, 0.5) is 5.69 Å². The summed E-state index contributed by atoms with van der Waals surface area (Å²) in [5.74, 6) is 1.46. The molecule has 0 saturated heterocycles. The summed E-state index contributed by atoms with van der Waals surface area (Å²) in [5.41, 5.74) is 1.55. The van der Waals surface area contributed by atoms with E-state index in [-0.39, 0.29) is 22.9 Å². The number of pyridine rings is 1. The monoisotopic (exact) mass is 448 g/mol. The molecule has 9 heteroatoms. The summed E-state index contributed by atoms with van der Waals surface area (Å²) in [4.78, 5) is 4.12. The van der Waals surface area contributed by atoms with Crippen molar-refractivity contribution in [2.75, 3.05) is 18.9 Å². The summed E-state index contributed by atoms with van der Waals surface area (Å²) in [6.07, 6.45) is 2.93. The maximum absolute atomic E-state index is 12.9. The van der Waals surface area contributed by atoms with E-state index in [1.165, 1.54) is 24.5 Å². The molecular formula is C21H21ClN2O5S. The number of hydrogen-bond donors (Lipinski definition) is 1. The Morgan fingerprint density at radius 3 is 2.53 bits per heavy atom. The molecule has 7 nitrogen and oxygen atoms in total. The summed E-state index contributed by atoms with van der Waals surface area (Å²) in [6, 6.07) is 11.6. The van der Waals surface area contributed by atoms with Crippen LogP contribution in [-0.2, 0) is 16.6 Å². The fraction of sp³-hybridized carbons (Fsp3) is 0.190. The van der Waals surface area contributed by atoms with E-state index in [9.17, 15) is 8.42 Å². The van der Waals surface area contributed by atoms with Gasteiger partial charge in [0.1, 0.15) is 6.61 Å². The minimum atomic E-state index is -3.87. The number of sulfonamides is 1. The van der Waals surface area contributed by atoms with Crippen LogP contribution in [0.15, 0.2) is 59.8 Å². The highest BCUT2D eigenvalue weighted by Crippen LogP contribution is 2.31. The second-order valence-electron chi connectivity index (χ2n) is 6.32. The molecule has 158 valence electrons. The average molecular weight is 449 g/mol. The summed E-state index contributed by atoms with van der Waals surface area (Å²) in [6.45, 7) is 1.83. The topological polar surface area (TPSA) is 86.8 Å². The van der Waals surface area contributed by atoms with Crippen molar-refractivity contribution in [1.82, 2.24) is 4.98 Å². The van der Waals surface area contributed by atoms with Crippen molar-refractivity contribution in [1.29, 1.82) is 0 Å². The Kier molecular flexibility index (Phi) is 6.69. The molecule has 0 spiro atoms. The van der Waals surface area contributed by atoms with Crippen LogP contribution >= 0.6 is 11.6 Å². The number of hydrogen-bond acceptors (Lipinski definition) is 6. The van der Waals surface area contributed by atoms with Gasteiger partial charge in [0.2, 0.25) is 0 Å². The third kappa shape index (κ3) is 4.77. The largest absolute Gasteiger partial charge is 0.493 e. The van der Waals surface area contributed by atoms with E-state index in [0.29, 0.717) is 22.1 Å². The van der Waals surface area contributed by atoms with Crippen molar-refractivity contribution in [3.05, 3.63) is 71.0 Å². The number of nitrogens with one attached hydrogen (secondary N) is 1. The molecule has 0 saturated carbocycles. The van der Waals surface area contributed by atoms with E-state index < -0.39 is 10.0 Å². The number of rotatable bonds is 8. The van der Waals surface area contributed by atoms with Gasteiger partial charge in [0.15, 0.2) is 17.2 Å². The van der Waals surface area contributed by atoms with E-state index in [4.69, 9.17) is 25.8 Å². The lowest BCUT2D eigenvalue weighted by atomic mass is 10.2. The Morgan fingerprint density at radius 1 is 1.03 bits per heavy atom. The van der Waals surface area contributed by atoms with Gasteiger partial charge >= 0.3 is 0 Å². The van der Waals surface area contributed by atoms with Gasteiger partial charge in [0.05, 0.1) is 31.0 Å². The lowest BCUT2D eigenvalue weighted by Crippen LogP contribution is -2.15. The fourth-order valence-electron chi connectivity index (χ4n) is 2.79. The van der Waals surface area contributed by atoms with Gasteiger partial charge in [-0.2, -0.15) is 0 Å². The molecule has 0 fully saturated rings. The smallest absolute Gasteiger partial charge is 0.262 e. The number of aromatic nitrogens is 1. The Labute approximate surface area is 180 Å². The van der Waals surface area contributed by atoms with Gasteiger partial charge in [0.25, 0.3) is 10.0 Å². The zero-order valence-corrected chi connectivity index (χ0v) is 18.3. The normalized spacial score (nSPS) is 11.1. The Hall–Kier alpha value is -2.97. The van der Waals surface area contributed by atoms with Crippen LogP contribution in [0.1, 0.15) is 11.1 Å². The molecule has 3 rings (SSSR count). The van der Waals surface area contributed by atoms with Crippen LogP contribution in [0.25, 0.3) is 0 Å². The molecule has 3 aromatic rings. The van der Waals surface area contributed by atoms with Gasteiger partial charge in [0, 0.05) is 11.2 Å². The van der Waals surface area contributed by atoms with Gasteiger partial charge in [-0.25, -0.2) is 8.42 Å². The van der Waals surface area contributed by atoms with Gasteiger partial charge in [-0.3, -0.25) is 9.71 Å². The first-order valence-electron chi connectivity index (χ1n) is 8.91. The molecular weight excluding hydrogens is 428 g/mol. The lowest BCUT2D eigenvalue weighted by Gasteiger charge is -2.15. The molecule has 2 aromatic carbocycles.